The highest BCUT2D eigenvalue weighted by atomic mass is 32.2. The molecule has 0 fully saturated rings. The van der Waals surface area contributed by atoms with Gasteiger partial charge in [0.15, 0.2) is 0 Å². The number of nitrogens with one attached hydrogen (secondary N) is 1. The summed E-state index contributed by atoms with van der Waals surface area (Å²) in [7, 11) is 0. The average molecular weight is 227 g/mol. The Morgan fingerprint density at radius 2 is 2.33 bits per heavy atom. The zero-order valence-electron chi connectivity index (χ0n) is 8.65. The molecule has 82 valence electrons. The monoisotopic (exact) mass is 227 g/mol. The summed E-state index contributed by atoms with van der Waals surface area (Å²) in [5.41, 5.74) is 0.639. The van der Waals surface area contributed by atoms with Crippen molar-refractivity contribution >= 4 is 24.1 Å². The van der Waals surface area contributed by atoms with Crippen LogP contribution in [0.15, 0.2) is 18.2 Å². The predicted octanol–water partition coefficient (Wildman–Crippen LogP) is 2.31. The van der Waals surface area contributed by atoms with Crippen molar-refractivity contribution in [3.63, 3.8) is 0 Å². The number of carbonyl (C=O) groups excluding carboxylic acids is 1. The molecule has 0 saturated carbocycles. The lowest BCUT2D eigenvalue weighted by atomic mass is 10.3. The number of amides is 1. The van der Waals surface area contributed by atoms with E-state index in [2.05, 4.69) is 5.32 Å². The summed E-state index contributed by atoms with van der Waals surface area (Å²) in [6.07, 6.45) is 2.45. The van der Waals surface area contributed by atoms with Gasteiger partial charge in [0.25, 0.3) is 0 Å². The quantitative estimate of drug-likeness (QED) is 0.598. The van der Waals surface area contributed by atoms with E-state index < -0.39 is 0 Å². The van der Waals surface area contributed by atoms with Gasteiger partial charge in [0.05, 0.1) is 24.3 Å². The topological polar surface area (TPSA) is 47.6 Å². The van der Waals surface area contributed by atoms with E-state index in [0.29, 0.717) is 30.2 Å². The van der Waals surface area contributed by atoms with Gasteiger partial charge in [-0.15, -0.1) is 0 Å². The molecule has 1 N–H and O–H groups in total. The van der Waals surface area contributed by atoms with Gasteiger partial charge in [0, 0.05) is 12.3 Å². The second-order valence-corrected chi connectivity index (χ2v) is 3.10. The first kappa shape index (κ1) is 11.7. The lowest BCUT2D eigenvalue weighted by Crippen LogP contribution is -2.00. The van der Waals surface area contributed by atoms with E-state index >= 15 is 0 Å². The number of anilines is 1. The van der Waals surface area contributed by atoms with Crippen molar-refractivity contribution in [2.45, 2.75) is 6.92 Å². The van der Waals surface area contributed by atoms with Crippen molar-refractivity contribution in [1.82, 2.24) is 0 Å². The first-order valence-electron chi connectivity index (χ1n) is 4.49. The number of hydrogen-bond donors (Lipinski definition) is 1. The van der Waals surface area contributed by atoms with Gasteiger partial charge in [0.2, 0.25) is 6.41 Å². The molecular formula is C10H13NO3S. The van der Waals surface area contributed by atoms with Crippen LogP contribution in [0.5, 0.6) is 11.5 Å². The standard InChI is InChI=1S/C10H13NO3S/c1-3-13-10-6-8(14-15-2)4-5-9(10)11-7-12/h4-7H,3H2,1-2H3,(H,11,12). The maximum atomic E-state index is 10.3. The zero-order chi connectivity index (χ0) is 11.1. The van der Waals surface area contributed by atoms with Crippen LogP contribution in [0.3, 0.4) is 0 Å². The summed E-state index contributed by atoms with van der Waals surface area (Å²) in [6.45, 7) is 2.42. The molecule has 1 aromatic rings. The lowest BCUT2D eigenvalue weighted by molar-refractivity contribution is -0.105. The highest BCUT2D eigenvalue weighted by Gasteiger charge is 2.05. The minimum absolute atomic E-state index is 0.538. The SMILES string of the molecule is CCOc1cc(OSC)ccc1NC=O. The Morgan fingerprint density at radius 3 is 2.93 bits per heavy atom. The molecule has 0 radical (unpaired) electrons. The summed E-state index contributed by atoms with van der Waals surface area (Å²) in [6, 6.07) is 5.25. The molecule has 0 aliphatic heterocycles. The Kier molecular flexibility index (Phi) is 4.83. The van der Waals surface area contributed by atoms with Crippen LogP contribution >= 0.6 is 12.0 Å². The molecule has 15 heavy (non-hydrogen) atoms. The van der Waals surface area contributed by atoms with E-state index in [1.807, 2.05) is 13.2 Å². The Morgan fingerprint density at radius 1 is 1.53 bits per heavy atom. The van der Waals surface area contributed by atoms with Gasteiger partial charge in [0.1, 0.15) is 11.5 Å². The molecule has 4 nitrogen and oxygen atoms in total. The van der Waals surface area contributed by atoms with E-state index in [1.54, 1.807) is 18.2 Å². The van der Waals surface area contributed by atoms with Gasteiger partial charge in [-0.2, -0.15) is 0 Å². The van der Waals surface area contributed by atoms with Crippen LogP contribution in [0.1, 0.15) is 6.92 Å². The molecule has 0 aromatic heterocycles. The molecular weight excluding hydrogens is 214 g/mol. The van der Waals surface area contributed by atoms with Gasteiger partial charge in [-0.25, -0.2) is 0 Å². The largest absolute Gasteiger partial charge is 0.492 e. The highest BCUT2D eigenvalue weighted by Crippen LogP contribution is 2.30. The van der Waals surface area contributed by atoms with Gasteiger partial charge >= 0.3 is 0 Å². The number of rotatable bonds is 6. The van der Waals surface area contributed by atoms with Gasteiger partial charge in [-0.05, 0) is 19.1 Å². The fourth-order valence-corrected chi connectivity index (χ4v) is 1.40. The molecule has 0 unspecified atom stereocenters. The molecule has 0 atom stereocenters. The second kappa shape index (κ2) is 6.19. The van der Waals surface area contributed by atoms with Crippen LogP contribution in [0, 0.1) is 0 Å². The Labute approximate surface area is 93.2 Å². The molecule has 0 bridgehead atoms. The van der Waals surface area contributed by atoms with E-state index in [-0.39, 0.29) is 0 Å². The molecule has 1 amide bonds. The van der Waals surface area contributed by atoms with E-state index in [4.69, 9.17) is 8.92 Å². The second-order valence-electron chi connectivity index (χ2n) is 2.60. The van der Waals surface area contributed by atoms with Crippen molar-refractivity contribution in [1.29, 1.82) is 0 Å². The van der Waals surface area contributed by atoms with Crippen molar-refractivity contribution in [3.05, 3.63) is 18.2 Å². The summed E-state index contributed by atoms with van der Waals surface area (Å²) in [5, 5.41) is 2.56. The van der Waals surface area contributed by atoms with Crippen molar-refractivity contribution in [3.8, 4) is 11.5 Å². The van der Waals surface area contributed by atoms with Crippen LogP contribution in [-0.4, -0.2) is 19.3 Å². The minimum atomic E-state index is 0.538. The van der Waals surface area contributed by atoms with Crippen LogP contribution in [-0.2, 0) is 4.79 Å². The molecule has 0 aliphatic carbocycles. The average Bonchev–Trinajstić information content (AvgIpc) is 2.23. The predicted molar refractivity (Wildman–Crippen MR) is 61.4 cm³/mol. The molecule has 0 spiro atoms. The van der Waals surface area contributed by atoms with Crippen LogP contribution < -0.4 is 14.2 Å². The maximum absolute atomic E-state index is 10.3. The molecule has 0 heterocycles. The summed E-state index contributed by atoms with van der Waals surface area (Å²) >= 11 is 1.26. The third-order valence-electron chi connectivity index (χ3n) is 1.65. The fourth-order valence-electron chi connectivity index (χ4n) is 1.11. The van der Waals surface area contributed by atoms with Crippen LogP contribution in [0.2, 0.25) is 0 Å². The molecule has 1 rings (SSSR count). The normalized spacial score (nSPS) is 9.47. The molecule has 1 aromatic carbocycles. The number of ether oxygens (including phenoxy) is 1. The first-order valence-corrected chi connectivity index (χ1v) is 5.64. The van der Waals surface area contributed by atoms with Crippen molar-refractivity contribution < 1.29 is 13.7 Å². The third-order valence-corrected chi connectivity index (χ3v) is 2.01. The van der Waals surface area contributed by atoms with Crippen LogP contribution in [0.25, 0.3) is 0 Å². The first-order chi connectivity index (χ1) is 7.31. The summed E-state index contributed by atoms with van der Waals surface area (Å²) in [5.74, 6) is 1.30. The molecule has 5 heteroatoms. The number of hydrogen-bond acceptors (Lipinski definition) is 4. The minimum Gasteiger partial charge on any atom is -0.492 e. The molecule has 0 aliphatic rings. The van der Waals surface area contributed by atoms with Gasteiger partial charge in [-0.1, -0.05) is 0 Å². The van der Waals surface area contributed by atoms with E-state index in [9.17, 15) is 4.79 Å². The third kappa shape index (κ3) is 3.36. The van der Waals surface area contributed by atoms with E-state index in [1.165, 1.54) is 12.0 Å². The molecule has 0 saturated heterocycles. The Balaban J connectivity index is 2.91. The Bertz CT molecular complexity index is 330. The van der Waals surface area contributed by atoms with Gasteiger partial charge < -0.3 is 14.2 Å². The summed E-state index contributed by atoms with van der Waals surface area (Å²) < 4.78 is 10.6. The Hall–Kier alpha value is -1.36. The summed E-state index contributed by atoms with van der Waals surface area (Å²) in [4.78, 5) is 10.3. The van der Waals surface area contributed by atoms with E-state index in [0.717, 1.165) is 0 Å². The fraction of sp³-hybridized carbons (Fsp3) is 0.300. The van der Waals surface area contributed by atoms with Crippen molar-refractivity contribution in [2.75, 3.05) is 18.2 Å². The van der Waals surface area contributed by atoms with Crippen molar-refractivity contribution in [2.24, 2.45) is 0 Å². The van der Waals surface area contributed by atoms with Gasteiger partial charge in [-0.3, -0.25) is 4.79 Å². The maximum Gasteiger partial charge on any atom is 0.211 e. The number of carbonyl (C=O) groups is 1. The highest BCUT2D eigenvalue weighted by molar-refractivity contribution is 7.94. The smallest absolute Gasteiger partial charge is 0.211 e. The number of benzene rings is 1. The zero-order valence-corrected chi connectivity index (χ0v) is 9.47. The van der Waals surface area contributed by atoms with Crippen LogP contribution in [0.4, 0.5) is 5.69 Å². The lowest BCUT2D eigenvalue weighted by Gasteiger charge is -2.10.